The molecule has 0 spiro atoms. The van der Waals surface area contributed by atoms with Gasteiger partial charge in [-0.25, -0.2) is 9.52 Å². The first-order valence-electron chi connectivity index (χ1n) is 7.88. The Morgan fingerprint density at radius 1 is 1.33 bits per heavy atom. The molecule has 2 atom stereocenters. The van der Waals surface area contributed by atoms with Crippen molar-refractivity contribution < 1.29 is 22.7 Å². The molecule has 0 aromatic heterocycles. The van der Waals surface area contributed by atoms with Gasteiger partial charge < -0.3 is 10.1 Å². The molecule has 1 rings (SSSR count). The standard InChI is InChI=1S/C15H27N3O5S/c1-7-11-10-15(11,16-13(20)23-14(4,5)6)12(19)17-24(21,22)18(8-2)9-3/h7,11H,1,8-10H2,2-6H3,(H,16,20)(H,17,19). The molecule has 8 nitrogen and oxygen atoms in total. The SMILES string of the molecule is C=CC1CC1(NC(=O)OC(C)(C)C)C(=O)NS(=O)(=O)N(CC)CC. The van der Waals surface area contributed by atoms with Gasteiger partial charge >= 0.3 is 16.3 Å². The molecule has 2 unspecified atom stereocenters. The van der Waals surface area contributed by atoms with Gasteiger partial charge in [-0.1, -0.05) is 19.9 Å². The summed E-state index contributed by atoms with van der Waals surface area (Å²) in [5.41, 5.74) is -2.07. The Morgan fingerprint density at radius 2 is 1.88 bits per heavy atom. The second kappa shape index (κ2) is 7.10. The summed E-state index contributed by atoms with van der Waals surface area (Å²) >= 11 is 0. The van der Waals surface area contributed by atoms with Crippen LogP contribution in [0.4, 0.5) is 4.79 Å². The third-order valence-corrected chi connectivity index (χ3v) is 5.34. The van der Waals surface area contributed by atoms with Gasteiger partial charge in [0.25, 0.3) is 5.91 Å². The third kappa shape index (κ3) is 4.70. The Balaban J connectivity index is 2.91. The predicted molar refractivity (Wildman–Crippen MR) is 90.4 cm³/mol. The van der Waals surface area contributed by atoms with E-state index in [2.05, 4.69) is 11.9 Å². The second-order valence-electron chi connectivity index (χ2n) is 6.67. The van der Waals surface area contributed by atoms with Crippen molar-refractivity contribution in [2.45, 2.75) is 52.2 Å². The lowest BCUT2D eigenvalue weighted by Crippen LogP contribution is -2.55. The molecule has 0 aromatic rings. The number of hydrogen-bond acceptors (Lipinski definition) is 5. The van der Waals surface area contributed by atoms with E-state index in [4.69, 9.17) is 4.74 Å². The molecule has 1 aliphatic rings. The van der Waals surface area contributed by atoms with E-state index in [1.165, 1.54) is 6.08 Å². The molecule has 0 heterocycles. The van der Waals surface area contributed by atoms with Crippen LogP contribution < -0.4 is 10.0 Å². The number of nitrogens with zero attached hydrogens (tertiary/aromatic N) is 1. The highest BCUT2D eigenvalue weighted by Gasteiger charge is 2.61. The molecule has 0 aromatic carbocycles. The van der Waals surface area contributed by atoms with Crippen LogP contribution in [0, 0.1) is 5.92 Å². The van der Waals surface area contributed by atoms with Crippen molar-refractivity contribution >= 4 is 22.2 Å². The lowest BCUT2D eigenvalue weighted by molar-refractivity contribution is -0.122. The molecule has 1 aliphatic carbocycles. The quantitative estimate of drug-likeness (QED) is 0.662. The van der Waals surface area contributed by atoms with E-state index in [1.54, 1.807) is 34.6 Å². The highest BCUT2D eigenvalue weighted by atomic mass is 32.2. The van der Waals surface area contributed by atoms with Crippen LogP contribution in [-0.2, 0) is 19.7 Å². The number of carbonyl (C=O) groups is 2. The fraction of sp³-hybridized carbons (Fsp3) is 0.733. The van der Waals surface area contributed by atoms with E-state index in [1.807, 2.05) is 4.72 Å². The van der Waals surface area contributed by atoms with Crippen LogP contribution in [0.5, 0.6) is 0 Å². The van der Waals surface area contributed by atoms with E-state index in [0.29, 0.717) is 0 Å². The van der Waals surface area contributed by atoms with Gasteiger partial charge in [-0.3, -0.25) is 4.79 Å². The highest BCUT2D eigenvalue weighted by Crippen LogP contribution is 2.44. The molecule has 0 bridgehead atoms. The lowest BCUT2D eigenvalue weighted by atomic mass is 10.2. The fourth-order valence-corrected chi connectivity index (χ4v) is 3.58. The first kappa shape index (κ1) is 20.4. The summed E-state index contributed by atoms with van der Waals surface area (Å²) in [6.07, 6.45) is 1.01. The van der Waals surface area contributed by atoms with Crippen molar-refractivity contribution in [2.24, 2.45) is 5.92 Å². The molecule has 1 saturated carbocycles. The van der Waals surface area contributed by atoms with E-state index >= 15 is 0 Å². The zero-order chi connectivity index (χ0) is 18.8. The molecular formula is C15H27N3O5S. The van der Waals surface area contributed by atoms with Crippen LogP contribution >= 0.6 is 0 Å². The van der Waals surface area contributed by atoms with Gasteiger partial charge in [0.15, 0.2) is 0 Å². The Morgan fingerprint density at radius 3 is 2.25 bits per heavy atom. The van der Waals surface area contributed by atoms with Gasteiger partial charge in [0.1, 0.15) is 11.1 Å². The van der Waals surface area contributed by atoms with Crippen LogP contribution in [0.15, 0.2) is 12.7 Å². The predicted octanol–water partition coefficient (Wildman–Crippen LogP) is 1.16. The summed E-state index contributed by atoms with van der Waals surface area (Å²) in [6.45, 7) is 12.5. The van der Waals surface area contributed by atoms with Crippen LogP contribution in [0.1, 0.15) is 41.0 Å². The number of hydrogen-bond donors (Lipinski definition) is 2. The van der Waals surface area contributed by atoms with Crippen molar-refractivity contribution in [3.05, 3.63) is 12.7 Å². The lowest BCUT2D eigenvalue weighted by Gasteiger charge is -2.25. The topological polar surface area (TPSA) is 105 Å². The average Bonchev–Trinajstić information content (AvgIpc) is 3.11. The van der Waals surface area contributed by atoms with Crippen LogP contribution in [-0.4, -0.2) is 49.0 Å². The number of alkyl carbamates (subject to hydrolysis) is 1. The summed E-state index contributed by atoms with van der Waals surface area (Å²) in [4.78, 5) is 24.5. The highest BCUT2D eigenvalue weighted by molar-refractivity contribution is 7.87. The van der Waals surface area contributed by atoms with Gasteiger partial charge in [0, 0.05) is 19.0 Å². The van der Waals surface area contributed by atoms with Crippen molar-refractivity contribution in [1.29, 1.82) is 0 Å². The van der Waals surface area contributed by atoms with Gasteiger partial charge in [-0.2, -0.15) is 12.7 Å². The maximum absolute atomic E-state index is 12.5. The molecule has 0 saturated heterocycles. The normalized spacial score (nSPS) is 23.5. The van der Waals surface area contributed by atoms with E-state index in [-0.39, 0.29) is 25.4 Å². The largest absolute Gasteiger partial charge is 0.444 e. The monoisotopic (exact) mass is 361 g/mol. The zero-order valence-corrected chi connectivity index (χ0v) is 15.7. The summed E-state index contributed by atoms with van der Waals surface area (Å²) in [7, 11) is -3.96. The summed E-state index contributed by atoms with van der Waals surface area (Å²) < 4.78 is 32.7. The van der Waals surface area contributed by atoms with Crippen molar-refractivity contribution in [3.63, 3.8) is 0 Å². The molecule has 2 amide bonds. The van der Waals surface area contributed by atoms with Crippen LogP contribution in [0.2, 0.25) is 0 Å². The molecule has 0 radical (unpaired) electrons. The Hall–Kier alpha value is -1.61. The molecule has 2 N–H and O–H groups in total. The third-order valence-electron chi connectivity index (χ3n) is 3.70. The Bertz CT molecular complexity index is 607. The maximum Gasteiger partial charge on any atom is 0.408 e. The summed E-state index contributed by atoms with van der Waals surface area (Å²) in [5.74, 6) is -1.14. The van der Waals surface area contributed by atoms with Crippen LogP contribution in [0.25, 0.3) is 0 Å². The van der Waals surface area contributed by atoms with E-state index < -0.39 is 33.3 Å². The molecule has 24 heavy (non-hydrogen) atoms. The second-order valence-corrected chi connectivity index (χ2v) is 8.34. The molecule has 9 heteroatoms. The van der Waals surface area contributed by atoms with E-state index in [9.17, 15) is 18.0 Å². The summed E-state index contributed by atoms with van der Waals surface area (Å²) in [6, 6.07) is 0. The number of nitrogens with one attached hydrogen (secondary N) is 2. The number of rotatable bonds is 7. The number of ether oxygens (including phenoxy) is 1. The first-order valence-corrected chi connectivity index (χ1v) is 9.32. The fourth-order valence-electron chi connectivity index (χ4n) is 2.36. The average molecular weight is 361 g/mol. The van der Waals surface area contributed by atoms with E-state index in [0.717, 1.165) is 4.31 Å². The summed E-state index contributed by atoms with van der Waals surface area (Å²) in [5, 5.41) is 2.49. The zero-order valence-electron chi connectivity index (χ0n) is 14.9. The number of amides is 2. The minimum absolute atomic E-state index is 0.233. The molecular weight excluding hydrogens is 334 g/mol. The van der Waals surface area contributed by atoms with Gasteiger partial charge in [0.2, 0.25) is 0 Å². The van der Waals surface area contributed by atoms with Gasteiger partial charge in [-0.15, -0.1) is 6.58 Å². The molecule has 0 aliphatic heterocycles. The first-order chi connectivity index (χ1) is 10.9. The smallest absolute Gasteiger partial charge is 0.408 e. The number of carbonyl (C=O) groups excluding carboxylic acids is 2. The maximum atomic E-state index is 12.5. The Kier molecular flexibility index (Phi) is 6.05. The van der Waals surface area contributed by atoms with Crippen molar-refractivity contribution in [3.8, 4) is 0 Å². The van der Waals surface area contributed by atoms with Crippen LogP contribution in [0.3, 0.4) is 0 Å². The molecule has 138 valence electrons. The van der Waals surface area contributed by atoms with Gasteiger partial charge in [-0.05, 0) is 27.2 Å². The van der Waals surface area contributed by atoms with Crippen molar-refractivity contribution in [1.82, 2.24) is 14.3 Å². The minimum atomic E-state index is -3.96. The minimum Gasteiger partial charge on any atom is -0.444 e. The Labute approximate surface area is 143 Å². The molecule has 1 fully saturated rings. The van der Waals surface area contributed by atoms with Crippen molar-refractivity contribution in [2.75, 3.05) is 13.1 Å². The van der Waals surface area contributed by atoms with Gasteiger partial charge in [0.05, 0.1) is 0 Å².